The van der Waals surface area contributed by atoms with Gasteiger partial charge in [-0.05, 0) is 61.2 Å². The molecule has 1 heterocycles. The van der Waals surface area contributed by atoms with E-state index in [1.54, 1.807) is 42.5 Å². The predicted molar refractivity (Wildman–Crippen MR) is 138 cm³/mol. The van der Waals surface area contributed by atoms with Gasteiger partial charge in [0.15, 0.2) is 16.8 Å². The van der Waals surface area contributed by atoms with Gasteiger partial charge in [0.2, 0.25) is 0 Å². The van der Waals surface area contributed by atoms with Crippen LogP contribution in [-0.2, 0) is 6.42 Å². The van der Waals surface area contributed by atoms with Gasteiger partial charge in [-0.15, -0.1) is 0 Å². The number of nitrogens with one attached hydrogen (secondary N) is 2. The molecule has 7 nitrogen and oxygen atoms in total. The minimum atomic E-state index is -0.663. The number of carbonyl (C=O) groups excluding carboxylic acids is 2. The second-order valence-corrected chi connectivity index (χ2v) is 8.09. The third-order valence-corrected chi connectivity index (χ3v) is 5.62. The molecule has 1 aromatic heterocycles. The Morgan fingerprint density at radius 1 is 0.886 bits per heavy atom. The van der Waals surface area contributed by atoms with Crippen LogP contribution >= 0.6 is 12.8 Å². The lowest BCUT2D eigenvalue weighted by atomic mass is 10.1. The zero-order chi connectivity index (χ0) is 24.6. The van der Waals surface area contributed by atoms with E-state index in [9.17, 15) is 14.4 Å². The quantitative estimate of drug-likeness (QED) is 0.227. The van der Waals surface area contributed by atoms with Crippen molar-refractivity contribution < 1.29 is 18.7 Å². The zero-order valence-electron chi connectivity index (χ0n) is 18.8. The van der Waals surface area contributed by atoms with E-state index in [1.807, 2.05) is 18.2 Å². The fourth-order valence-electron chi connectivity index (χ4n) is 3.61. The lowest BCUT2D eigenvalue weighted by molar-refractivity contribution is 0.0958. The number of ether oxygens (including phenoxy) is 1. The highest BCUT2D eigenvalue weighted by atomic mass is 32.1. The molecule has 2 amide bonds. The molecule has 0 atom stereocenters. The van der Waals surface area contributed by atoms with Crippen molar-refractivity contribution in [2.75, 3.05) is 11.9 Å². The second-order valence-electron chi connectivity index (χ2n) is 7.87. The normalized spacial score (nSPS) is 10.7. The number of hydrogen-bond acceptors (Lipinski definition) is 6. The van der Waals surface area contributed by atoms with Gasteiger partial charge in [0.25, 0.3) is 11.8 Å². The molecule has 0 bridgehead atoms. The van der Waals surface area contributed by atoms with E-state index in [1.165, 1.54) is 5.56 Å². The van der Waals surface area contributed by atoms with E-state index >= 15 is 0 Å². The molecule has 4 aromatic rings. The molecule has 0 radical (unpaired) electrons. The van der Waals surface area contributed by atoms with Crippen LogP contribution < -0.4 is 20.2 Å². The molecule has 0 saturated carbocycles. The fourth-order valence-corrected chi connectivity index (χ4v) is 3.72. The first-order valence-corrected chi connectivity index (χ1v) is 11.6. The van der Waals surface area contributed by atoms with Crippen LogP contribution in [0.1, 0.15) is 39.3 Å². The minimum Gasteiger partial charge on any atom is -0.494 e. The number of unbranched alkanes of at least 4 members (excludes halogenated alkanes) is 1. The van der Waals surface area contributed by atoms with Gasteiger partial charge >= 0.3 is 0 Å². The van der Waals surface area contributed by atoms with Crippen LogP contribution in [0.4, 0.5) is 5.69 Å². The summed E-state index contributed by atoms with van der Waals surface area (Å²) in [5.41, 5.74) is 1.70. The van der Waals surface area contributed by atoms with Crippen molar-refractivity contribution in [1.29, 1.82) is 0 Å². The number of benzene rings is 3. The van der Waals surface area contributed by atoms with Gasteiger partial charge < -0.3 is 14.5 Å². The van der Waals surface area contributed by atoms with E-state index in [0.717, 1.165) is 25.3 Å². The van der Waals surface area contributed by atoms with Gasteiger partial charge in [0.1, 0.15) is 5.75 Å². The number of para-hydroxylation sites is 1. The largest absolute Gasteiger partial charge is 0.494 e. The molecular formula is C27H24N2O5S. The van der Waals surface area contributed by atoms with Crippen molar-refractivity contribution in [1.82, 2.24) is 4.72 Å². The van der Waals surface area contributed by atoms with E-state index in [2.05, 4.69) is 35.0 Å². The minimum absolute atomic E-state index is 0.107. The molecule has 8 heteroatoms. The summed E-state index contributed by atoms with van der Waals surface area (Å²) in [4.78, 5) is 37.0. The number of fused-ring (bicyclic) bond motifs is 1. The van der Waals surface area contributed by atoms with Gasteiger partial charge in [-0.2, -0.15) is 0 Å². The monoisotopic (exact) mass is 488 g/mol. The van der Waals surface area contributed by atoms with E-state index in [-0.39, 0.29) is 22.4 Å². The molecule has 0 unspecified atom stereocenters. The highest BCUT2D eigenvalue weighted by Gasteiger charge is 2.15. The van der Waals surface area contributed by atoms with Crippen LogP contribution in [0.25, 0.3) is 11.0 Å². The lowest BCUT2D eigenvalue weighted by Crippen LogP contribution is -2.17. The Bertz CT molecular complexity index is 1380. The summed E-state index contributed by atoms with van der Waals surface area (Å²) in [5.74, 6) is -0.577. The molecule has 0 aliphatic heterocycles. The van der Waals surface area contributed by atoms with E-state index in [0.29, 0.717) is 17.9 Å². The number of anilines is 1. The smallest absolute Gasteiger partial charge is 0.296 e. The number of thiol groups is 1. The van der Waals surface area contributed by atoms with Crippen molar-refractivity contribution in [3.63, 3.8) is 0 Å². The number of carbonyl (C=O) groups is 2. The molecule has 0 fully saturated rings. The van der Waals surface area contributed by atoms with Gasteiger partial charge in [0.05, 0.1) is 17.7 Å². The highest BCUT2D eigenvalue weighted by molar-refractivity contribution is 7.78. The van der Waals surface area contributed by atoms with Crippen LogP contribution in [0, 0.1) is 0 Å². The SMILES string of the molecule is O=C(Nc1cccc2c(=O)cc(C(=O)NS)oc12)c1ccc(OCCCCc2ccccc2)cc1. The number of aryl methyl sites for hydroxylation is 1. The summed E-state index contributed by atoms with van der Waals surface area (Å²) in [6, 6.07) is 23.0. The van der Waals surface area contributed by atoms with Crippen LogP contribution in [-0.4, -0.2) is 18.4 Å². The first-order chi connectivity index (χ1) is 17.0. The number of amides is 2. The lowest BCUT2D eigenvalue weighted by Gasteiger charge is -2.10. The van der Waals surface area contributed by atoms with Gasteiger partial charge in [-0.25, -0.2) is 0 Å². The third kappa shape index (κ3) is 6.10. The Labute approximate surface area is 207 Å². The molecule has 2 N–H and O–H groups in total. The van der Waals surface area contributed by atoms with Crippen molar-refractivity contribution in [2.45, 2.75) is 19.3 Å². The van der Waals surface area contributed by atoms with Gasteiger partial charge in [-0.3, -0.25) is 19.1 Å². The Balaban J connectivity index is 1.37. The highest BCUT2D eigenvalue weighted by Crippen LogP contribution is 2.23. The standard InChI is InChI=1S/C27H24N2O5S/c30-23-17-24(27(32)29-35)34-25-21(23)10-6-11-22(25)28-26(31)19-12-14-20(15-13-19)33-16-5-4-9-18-7-2-1-3-8-18/h1-3,6-8,10-15,17,35H,4-5,9,16H2,(H,28,31)(H,29,32). The molecule has 4 rings (SSSR count). The maximum Gasteiger partial charge on any atom is 0.296 e. The molecule has 178 valence electrons. The van der Waals surface area contributed by atoms with Gasteiger partial charge in [0, 0.05) is 11.6 Å². The Morgan fingerprint density at radius 3 is 2.40 bits per heavy atom. The molecule has 0 aliphatic carbocycles. The first kappa shape index (κ1) is 24.1. The Kier molecular flexibility index (Phi) is 7.84. The van der Waals surface area contributed by atoms with E-state index in [4.69, 9.17) is 9.15 Å². The van der Waals surface area contributed by atoms with Crippen LogP contribution in [0.5, 0.6) is 5.75 Å². The average molecular weight is 489 g/mol. The zero-order valence-corrected chi connectivity index (χ0v) is 19.7. The number of hydrogen-bond donors (Lipinski definition) is 3. The second kappa shape index (κ2) is 11.4. The van der Waals surface area contributed by atoms with Crippen molar-refractivity contribution in [2.24, 2.45) is 0 Å². The van der Waals surface area contributed by atoms with Crippen LogP contribution in [0.3, 0.4) is 0 Å². The fraction of sp³-hybridized carbons (Fsp3) is 0.148. The summed E-state index contributed by atoms with van der Waals surface area (Å²) < 4.78 is 13.5. The molecule has 0 spiro atoms. The molecule has 3 aromatic carbocycles. The molecular weight excluding hydrogens is 464 g/mol. The summed E-state index contributed by atoms with van der Waals surface area (Å²) in [7, 11) is 0. The third-order valence-electron chi connectivity index (χ3n) is 5.42. The topological polar surface area (TPSA) is 97.6 Å². The summed E-state index contributed by atoms with van der Waals surface area (Å²) in [6.45, 7) is 0.593. The molecule has 35 heavy (non-hydrogen) atoms. The molecule has 0 aliphatic rings. The van der Waals surface area contributed by atoms with Gasteiger partial charge in [-0.1, -0.05) is 49.2 Å². The van der Waals surface area contributed by atoms with Crippen LogP contribution in [0.15, 0.2) is 88.1 Å². The maximum atomic E-state index is 12.8. The summed E-state index contributed by atoms with van der Waals surface area (Å²) >= 11 is 3.70. The van der Waals surface area contributed by atoms with Crippen molar-refractivity contribution in [3.05, 3.63) is 106 Å². The molecule has 0 saturated heterocycles. The van der Waals surface area contributed by atoms with Crippen molar-refractivity contribution >= 4 is 41.3 Å². The first-order valence-electron chi connectivity index (χ1n) is 11.1. The summed E-state index contributed by atoms with van der Waals surface area (Å²) in [6.07, 6.45) is 2.97. The summed E-state index contributed by atoms with van der Waals surface area (Å²) in [5, 5.41) is 2.99. The Hall–Kier alpha value is -4.04. The van der Waals surface area contributed by atoms with Crippen molar-refractivity contribution in [3.8, 4) is 5.75 Å². The van der Waals surface area contributed by atoms with E-state index < -0.39 is 17.2 Å². The average Bonchev–Trinajstić information content (AvgIpc) is 2.89. The Morgan fingerprint density at radius 2 is 1.66 bits per heavy atom. The predicted octanol–water partition coefficient (Wildman–Crippen LogP) is 5.02. The number of rotatable bonds is 9. The van der Waals surface area contributed by atoms with Crippen LogP contribution in [0.2, 0.25) is 0 Å². The maximum absolute atomic E-state index is 12.8.